The van der Waals surface area contributed by atoms with Crippen LogP contribution in [0, 0.1) is 0 Å². The van der Waals surface area contributed by atoms with E-state index in [9.17, 15) is 4.21 Å². The second kappa shape index (κ2) is 12.1. The van der Waals surface area contributed by atoms with Gasteiger partial charge in [0.2, 0.25) is 0 Å². The fourth-order valence-electron chi connectivity index (χ4n) is 3.30. The molecule has 3 unspecified atom stereocenters. The molecule has 1 heterocycles. The van der Waals surface area contributed by atoms with Gasteiger partial charge in [-0.15, -0.1) is 24.0 Å². The number of guanidine groups is 1. The van der Waals surface area contributed by atoms with E-state index in [2.05, 4.69) is 64.7 Å². The highest BCUT2D eigenvalue weighted by atomic mass is 127. The first kappa shape index (κ1) is 25.4. The van der Waals surface area contributed by atoms with Crippen LogP contribution in [0.25, 0.3) is 0 Å². The minimum atomic E-state index is -0.867. The molecule has 0 aromatic heterocycles. The first-order valence-electron chi connectivity index (χ1n) is 10.0. The minimum Gasteiger partial charge on any atom is -0.357 e. The molecular formula is C21H37IN4OS. The standard InChI is InChI=1S/C21H36N4OS.HI/c1-6-22-20(23-12-13-27(26)21(3,4)5)24-19-14-17(2)25(16-19)15-18-10-8-7-9-11-18;/h7-11,17,19H,6,12-16H2,1-5H3,(H2,22,23,24);1H. The van der Waals surface area contributed by atoms with Gasteiger partial charge in [-0.3, -0.25) is 14.1 Å². The molecule has 1 aliphatic heterocycles. The van der Waals surface area contributed by atoms with Crippen LogP contribution in [0.1, 0.15) is 46.6 Å². The van der Waals surface area contributed by atoms with Crippen LogP contribution in [0.2, 0.25) is 0 Å². The van der Waals surface area contributed by atoms with Gasteiger partial charge in [-0.25, -0.2) is 0 Å². The fourth-order valence-corrected chi connectivity index (χ4v) is 4.17. The van der Waals surface area contributed by atoms with Gasteiger partial charge in [0.05, 0.1) is 6.54 Å². The van der Waals surface area contributed by atoms with Crippen LogP contribution in [-0.2, 0) is 17.3 Å². The molecule has 0 amide bonds. The molecule has 1 saturated heterocycles. The topological polar surface area (TPSA) is 56.7 Å². The van der Waals surface area contributed by atoms with Crippen molar-refractivity contribution < 1.29 is 4.21 Å². The Bertz CT molecular complexity index is 633. The Labute approximate surface area is 190 Å². The predicted molar refractivity (Wildman–Crippen MR) is 132 cm³/mol. The summed E-state index contributed by atoms with van der Waals surface area (Å²) in [6.07, 6.45) is 1.10. The van der Waals surface area contributed by atoms with Gasteiger partial charge in [0, 0.05) is 53.0 Å². The fraction of sp³-hybridized carbons (Fsp3) is 0.667. The molecule has 7 heteroatoms. The molecule has 1 aromatic carbocycles. The molecule has 2 N–H and O–H groups in total. The smallest absolute Gasteiger partial charge is 0.191 e. The third kappa shape index (κ3) is 8.37. The third-order valence-corrected chi connectivity index (χ3v) is 6.77. The van der Waals surface area contributed by atoms with E-state index in [-0.39, 0.29) is 28.7 Å². The Hall–Kier alpha value is -0.670. The van der Waals surface area contributed by atoms with Crippen molar-refractivity contribution in [3.05, 3.63) is 35.9 Å². The summed E-state index contributed by atoms with van der Waals surface area (Å²) < 4.78 is 12.0. The monoisotopic (exact) mass is 520 g/mol. The number of rotatable bonds is 7. The largest absolute Gasteiger partial charge is 0.357 e. The average molecular weight is 521 g/mol. The SMILES string of the molecule is CCNC(=NCCS(=O)C(C)(C)C)NC1CC(C)N(Cc2ccccc2)C1.I. The third-order valence-electron chi connectivity index (χ3n) is 4.85. The molecule has 2 rings (SSSR count). The molecular weight excluding hydrogens is 483 g/mol. The molecule has 1 aliphatic rings. The molecule has 5 nitrogen and oxygen atoms in total. The van der Waals surface area contributed by atoms with Gasteiger partial charge in [0.25, 0.3) is 0 Å². The van der Waals surface area contributed by atoms with Gasteiger partial charge in [-0.2, -0.15) is 0 Å². The van der Waals surface area contributed by atoms with Gasteiger partial charge in [0.1, 0.15) is 0 Å². The second-order valence-corrected chi connectivity index (χ2v) is 10.6. The molecule has 1 fully saturated rings. The van der Waals surface area contributed by atoms with Gasteiger partial charge < -0.3 is 10.6 Å². The van der Waals surface area contributed by atoms with Crippen molar-refractivity contribution in [1.29, 1.82) is 0 Å². The maximum atomic E-state index is 12.2. The average Bonchev–Trinajstić information content (AvgIpc) is 2.94. The van der Waals surface area contributed by atoms with E-state index in [0.29, 0.717) is 24.4 Å². The van der Waals surface area contributed by atoms with Crippen LogP contribution in [-0.4, -0.2) is 57.3 Å². The van der Waals surface area contributed by atoms with Crippen LogP contribution < -0.4 is 10.6 Å². The summed E-state index contributed by atoms with van der Waals surface area (Å²) in [7, 11) is -0.867. The molecule has 0 saturated carbocycles. The van der Waals surface area contributed by atoms with E-state index in [1.54, 1.807) is 0 Å². The quantitative estimate of drug-likeness (QED) is 0.329. The lowest BCUT2D eigenvalue weighted by atomic mass is 10.2. The van der Waals surface area contributed by atoms with Gasteiger partial charge >= 0.3 is 0 Å². The molecule has 0 bridgehead atoms. The van der Waals surface area contributed by atoms with E-state index >= 15 is 0 Å². The van der Waals surface area contributed by atoms with Gasteiger partial charge in [-0.1, -0.05) is 30.3 Å². The number of benzene rings is 1. The summed E-state index contributed by atoms with van der Waals surface area (Å²) in [4.78, 5) is 7.17. The number of nitrogens with one attached hydrogen (secondary N) is 2. The van der Waals surface area contributed by atoms with Gasteiger partial charge in [-0.05, 0) is 46.6 Å². The lowest BCUT2D eigenvalue weighted by molar-refractivity contribution is 0.258. The van der Waals surface area contributed by atoms with Gasteiger partial charge in [0.15, 0.2) is 5.96 Å². The van der Waals surface area contributed by atoms with Crippen molar-refractivity contribution in [2.75, 3.05) is 25.4 Å². The minimum absolute atomic E-state index is 0. The Morgan fingerprint density at radius 2 is 1.96 bits per heavy atom. The number of aliphatic imine (C=N–C) groups is 1. The number of halogens is 1. The summed E-state index contributed by atoms with van der Waals surface area (Å²) in [6.45, 7) is 13.8. The van der Waals surface area contributed by atoms with E-state index in [4.69, 9.17) is 0 Å². The molecule has 0 spiro atoms. The predicted octanol–water partition coefficient (Wildman–Crippen LogP) is 3.37. The van der Waals surface area contributed by atoms with Crippen LogP contribution in [0.3, 0.4) is 0 Å². The first-order valence-corrected chi connectivity index (χ1v) is 11.3. The van der Waals surface area contributed by atoms with E-state index in [0.717, 1.165) is 32.0 Å². The summed E-state index contributed by atoms with van der Waals surface area (Å²) in [6, 6.07) is 11.6. The Balaban J connectivity index is 0.00000392. The Kier molecular flexibility index (Phi) is 11.0. The number of nitrogens with zero attached hydrogens (tertiary/aromatic N) is 2. The molecule has 0 aliphatic carbocycles. The number of hydrogen-bond acceptors (Lipinski definition) is 3. The van der Waals surface area contributed by atoms with E-state index in [1.165, 1.54) is 5.56 Å². The highest BCUT2D eigenvalue weighted by Crippen LogP contribution is 2.20. The van der Waals surface area contributed by atoms with Crippen molar-refractivity contribution in [3.63, 3.8) is 0 Å². The maximum Gasteiger partial charge on any atom is 0.191 e. The van der Waals surface area contributed by atoms with E-state index < -0.39 is 10.8 Å². The van der Waals surface area contributed by atoms with Crippen LogP contribution >= 0.6 is 24.0 Å². The molecule has 28 heavy (non-hydrogen) atoms. The van der Waals surface area contributed by atoms with Crippen molar-refractivity contribution >= 4 is 40.7 Å². The second-order valence-electron chi connectivity index (χ2n) is 8.26. The maximum absolute atomic E-state index is 12.2. The lowest BCUT2D eigenvalue weighted by Crippen LogP contribution is -2.44. The summed E-state index contributed by atoms with van der Waals surface area (Å²) in [5.41, 5.74) is 1.36. The zero-order valence-corrected chi connectivity index (χ0v) is 21.1. The number of likely N-dealkylation sites (tertiary alicyclic amines) is 1. The highest BCUT2D eigenvalue weighted by molar-refractivity contribution is 14.0. The van der Waals surface area contributed by atoms with Crippen molar-refractivity contribution in [3.8, 4) is 0 Å². The normalized spacial score (nSPS) is 21.8. The summed E-state index contributed by atoms with van der Waals surface area (Å²) in [5.74, 6) is 1.43. The highest BCUT2D eigenvalue weighted by Gasteiger charge is 2.29. The van der Waals surface area contributed by atoms with Crippen LogP contribution in [0.4, 0.5) is 0 Å². The van der Waals surface area contributed by atoms with Crippen molar-refractivity contribution in [2.24, 2.45) is 4.99 Å². The van der Waals surface area contributed by atoms with E-state index in [1.807, 2.05) is 20.8 Å². The molecule has 3 atom stereocenters. The molecule has 160 valence electrons. The Morgan fingerprint density at radius 3 is 2.57 bits per heavy atom. The molecule has 1 aromatic rings. The number of hydrogen-bond donors (Lipinski definition) is 2. The van der Waals surface area contributed by atoms with Crippen LogP contribution in [0.5, 0.6) is 0 Å². The zero-order valence-electron chi connectivity index (χ0n) is 17.9. The zero-order chi connectivity index (χ0) is 19.9. The summed E-state index contributed by atoms with van der Waals surface area (Å²) >= 11 is 0. The molecule has 0 radical (unpaired) electrons. The Morgan fingerprint density at radius 1 is 1.29 bits per heavy atom. The van der Waals surface area contributed by atoms with Crippen molar-refractivity contribution in [1.82, 2.24) is 15.5 Å². The lowest BCUT2D eigenvalue weighted by Gasteiger charge is -2.21. The van der Waals surface area contributed by atoms with Crippen LogP contribution in [0.15, 0.2) is 35.3 Å². The van der Waals surface area contributed by atoms with Crippen molar-refractivity contribution in [2.45, 2.75) is 64.4 Å². The summed E-state index contributed by atoms with van der Waals surface area (Å²) in [5, 5.41) is 6.90. The first-order chi connectivity index (χ1) is 12.8.